The van der Waals surface area contributed by atoms with E-state index in [9.17, 15) is 4.39 Å². The van der Waals surface area contributed by atoms with Crippen LogP contribution < -0.4 is 0 Å². The van der Waals surface area contributed by atoms with E-state index in [0.29, 0.717) is 0 Å². The topological polar surface area (TPSA) is 0 Å². The first-order valence-electron chi connectivity index (χ1n) is 3.72. The second kappa shape index (κ2) is 3.85. The van der Waals surface area contributed by atoms with Crippen molar-refractivity contribution in [2.24, 2.45) is 11.3 Å². The van der Waals surface area contributed by atoms with Crippen LogP contribution in [0.25, 0.3) is 0 Å². The van der Waals surface area contributed by atoms with Gasteiger partial charge in [-0.15, -0.1) is 0 Å². The van der Waals surface area contributed by atoms with Gasteiger partial charge in [0.25, 0.3) is 0 Å². The molecule has 0 aromatic heterocycles. The number of alkyl halides is 3. The monoisotopic (exact) mass is 210 g/mol. The molecule has 0 saturated heterocycles. The predicted octanol–water partition coefficient (Wildman–Crippen LogP) is 3.77. The highest BCUT2D eigenvalue weighted by Crippen LogP contribution is 2.26. The maximum Gasteiger partial charge on any atom is 0.319 e. The molecule has 0 aliphatic carbocycles. The number of rotatable bonds is 0. The average Bonchev–Trinajstić information content (AvgIpc) is 1.78. The van der Waals surface area contributed by atoms with E-state index in [1.807, 2.05) is 27.7 Å². The van der Waals surface area contributed by atoms with Gasteiger partial charge >= 0.3 is 4.59 Å². The van der Waals surface area contributed by atoms with E-state index in [-0.39, 0.29) is 11.3 Å². The van der Waals surface area contributed by atoms with Gasteiger partial charge in [-0.2, -0.15) is 4.39 Å². The molecular weight excluding hydrogens is 198 g/mol. The molecule has 0 nitrogen and oxygen atoms in total. The standard InChI is InChI=1S/C9H13Cl2F/c1-7(8(2,3)4)5-6-9(10,11)12/h7H,1-4H3. The fourth-order valence-corrected chi connectivity index (χ4v) is 0.516. The van der Waals surface area contributed by atoms with Crippen LogP contribution in [0.5, 0.6) is 0 Å². The Morgan fingerprint density at radius 3 is 1.92 bits per heavy atom. The first-order valence-corrected chi connectivity index (χ1v) is 4.48. The minimum absolute atomic E-state index is 0.0199. The van der Waals surface area contributed by atoms with Crippen LogP contribution in [-0.4, -0.2) is 4.59 Å². The van der Waals surface area contributed by atoms with Gasteiger partial charge in [-0.25, -0.2) is 0 Å². The first-order chi connectivity index (χ1) is 5.13. The summed E-state index contributed by atoms with van der Waals surface area (Å²) in [6.45, 7) is 7.98. The average molecular weight is 211 g/mol. The van der Waals surface area contributed by atoms with E-state index < -0.39 is 4.59 Å². The second-order valence-electron chi connectivity index (χ2n) is 3.85. The molecule has 1 unspecified atom stereocenters. The third-order valence-corrected chi connectivity index (χ3v) is 1.92. The highest BCUT2D eigenvalue weighted by molar-refractivity contribution is 6.49. The number of halogens is 3. The molecule has 0 fully saturated rings. The van der Waals surface area contributed by atoms with Crippen LogP contribution in [0.2, 0.25) is 0 Å². The molecule has 0 rings (SSSR count). The molecule has 12 heavy (non-hydrogen) atoms. The molecule has 0 saturated carbocycles. The lowest BCUT2D eigenvalue weighted by molar-refractivity contribution is 0.323. The van der Waals surface area contributed by atoms with Crippen LogP contribution in [0.1, 0.15) is 27.7 Å². The minimum Gasteiger partial charge on any atom is -0.193 e. The van der Waals surface area contributed by atoms with E-state index in [1.54, 1.807) is 0 Å². The summed E-state index contributed by atoms with van der Waals surface area (Å²) < 4.78 is 10.1. The molecule has 0 heterocycles. The van der Waals surface area contributed by atoms with Gasteiger partial charge in [-0.1, -0.05) is 56.8 Å². The highest BCUT2D eigenvalue weighted by Gasteiger charge is 2.21. The summed E-state index contributed by atoms with van der Waals surface area (Å²) in [5.41, 5.74) is 0.0199. The largest absolute Gasteiger partial charge is 0.319 e. The predicted molar refractivity (Wildman–Crippen MR) is 51.9 cm³/mol. The van der Waals surface area contributed by atoms with E-state index in [1.165, 1.54) is 0 Å². The first kappa shape index (κ1) is 12.1. The normalized spacial score (nSPS) is 14.9. The van der Waals surface area contributed by atoms with Gasteiger partial charge in [0.2, 0.25) is 0 Å². The Labute approximate surface area is 83.4 Å². The SMILES string of the molecule is CC(C#CC(F)(Cl)Cl)C(C)(C)C. The van der Waals surface area contributed by atoms with Crippen molar-refractivity contribution in [3.8, 4) is 11.8 Å². The molecule has 0 radical (unpaired) electrons. The number of hydrogen-bond donors (Lipinski definition) is 0. The van der Waals surface area contributed by atoms with Gasteiger partial charge in [0.05, 0.1) is 0 Å². The summed E-state index contributed by atoms with van der Waals surface area (Å²) in [5, 5.41) is 0. The third kappa shape index (κ3) is 5.69. The van der Waals surface area contributed by atoms with Crippen molar-refractivity contribution in [2.75, 3.05) is 0 Å². The van der Waals surface area contributed by atoms with Gasteiger partial charge in [-0.3, -0.25) is 0 Å². The van der Waals surface area contributed by atoms with Crippen LogP contribution in [-0.2, 0) is 0 Å². The summed E-state index contributed by atoms with van der Waals surface area (Å²) in [6, 6.07) is 0. The van der Waals surface area contributed by atoms with Crippen molar-refractivity contribution in [1.29, 1.82) is 0 Å². The zero-order valence-electron chi connectivity index (χ0n) is 7.71. The van der Waals surface area contributed by atoms with Crippen molar-refractivity contribution >= 4 is 23.2 Å². The van der Waals surface area contributed by atoms with Crippen molar-refractivity contribution < 1.29 is 4.39 Å². The van der Waals surface area contributed by atoms with Crippen LogP contribution in [0.15, 0.2) is 0 Å². The highest BCUT2D eigenvalue weighted by atomic mass is 35.5. The van der Waals surface area contributed by atoms with E-state index in [4.69, 9.17) is 23.2 Å². The molecule has 3 heteroatoms. The Balaban J connectivity index is 4.34. The van der Waals surface area contributed by atoms with Crippen LogP contribution >= 0.6 is 23.2 Å². The van der Waals surface area contributed by atoms with Crippen molar-refractivity contribution in [3.63, 3.8) is 0 Å². The zero-order chi connectivity index (χ0) is 9.99. The van der Waals surface area contributed by atoms with E-state index >= 15 is 0 Å². The molecule has 0 spiro atoms. The fraction of sp³-hybridized carbons (Fsp3) is 0.778. The molecule has 0 bridgehead atoms. The Bertz CT molecular complexity index is 199. The van der Waals surface area contributed by atoms with E-state index in [0.717, 1.165) is 0 Å². The molecule has 70 valence electrons. The Morgan fingerprint density at radius 2 is 1.67 bits per heavy atom. The summed E-state index contributed by atoms with van der Waals surface area (Å²) in [5.74, 6) is 4.88. The molecule has 1 atom stereocenters. The molecular formula is C9H13Cl2F. The third-order valence-electron chi connectivity index (χ3n) is 1.73. The lowest BCUT2D eigenvalue weighted by atomic mass is 9.83. The summed E-state index contributed by atoms with van der Waals surface area (Å²) in [4.78, 5) is 0. The van der Waals surface area contributed by atoms with Gasteiger partial charge in [0, 0.05) is 5.92 Å². The summed E-state index contributed by atoms with van der Waals surface area (Å²) in [7, 11) is 0. The number of hydrogen-bond acceptors (Lipinski definition) is 0. The van der Waals surface area contributed by atoms with E-state index in [2.05, 4.69) is 11.8 Å². The molecule has 0 aliphatic rings. The zero-order valence-corrected chi connectivity index (χ0v) is 9.22. The van der Waals surface area contributed by atoms with Gasteiger partial charge in [-0.05, 0) is 11.3 Å². The maximum atomic E-state index is 12.5. The van der Waals surface area contributed by atoms with Crippen LogP contribution in [0.3, 0.4) is 0 Å². The summed E-state index contributed by atoms with van der Waals surface area (Å²) in [6.07, 6.45) is 0. The molecule has 0 aromatic rings. The Kier molecular flexibility index (Phi) is 3.87. The maximum absolute atomic E-state index is 12.5. The molecule has 0 aromatic carbocycles. The molecule has 0 N–H and O–H groups in total. The Hall–Kier alpha value is 0.0700. The minimum atomic E-state index is -2.42. The summed E-state index contributed by atoms with van der Waals surface area (Å²) >= 11 is 10.1. The smallest absolute Gasteiger partial charge is 0.193 e. The van der Waals surface area contributed by atoms with Gasteiger partial charge < -0.3 is 0 Å². The van der Waals surface area contributed by atoms with Crippen LogP contribution in [0.4, 0.5) is 4.39 Å². The lowest BCUT2D eigenvalue weighted by Crippen LogP contribution is -2.16. The quantitative estimate of drug-likeness (QED) is 0.422. The molecule has 0 aliphatic heterocycles. The van der Waals surface area contributed by atoms with Gasteiger partial charge in [0.15, 0.2) is 0 Å². The van der Waals surface area contributed by atoms with Crippen molar-refractivity contribution in [3.05, 3.63) is 0 Å². The molecule has 0 amide bonds. The fourth-order valence-electron chi connectivity index (χ4n) is 0.407. The van der Waals surface area contributed by atoms with Gasteiger partial charge in [0.1, 0.15) is 0 Å². The van der Waals surface area contributed by atoms with Crippen molar-refractivity contribution in [2.45, 2.75) is 32.3 Å². The second-order valence-corrected chi connectivity index (χ2v) is 5.09. The lowest BCUT2D eigenvalue weighted by Gasteiger charge is -2.22. The van der Waals surface area contributed by atoms with Crippen molar-refractivity contribution in [1.82, 2.24) is 0 Å². The Morgan fingerprint density at radius 1 is 1.25 bits per heavy atom. The van der Waals surface area contributed by atoms with Crippen LogP contribution in [0, 0.1) is 23.2 Å².